The molecule has 0 bridgehead atoms. The Morgan fingerprint density at radius 3 is 2.57 bits per heavy atom. The molecule has 2 heterocycles. The average Bonchev–Trinajstić information content (AvgIpc) is 3.15. The first-order valence-corrected chi connectivity index (χ1v) is 11.9. The van der Waals surface area contributed by atoms with Crippen LogP contribution in [-0.4, -0.2) is 28.9 Å². The smallest absolute Gasteiger partial charge is 0.418 e. The van der Waals surface area contributed by atoms with Gasteiger partial charge in [0.25, 0.3) is 5.91 Å². The molecule has 2 unspecified atom stereocenters. The minimum Gasteiger partial charge on any atom is -0.478 e. The van der Waals surface area contributed by atoms with Crippen molar-refractivity contribution in [3.05, 3.63) is 57.9 Å². The van der Waals surface area contributed by atoms with Crippen molar-refractivity contribution in [2.75, 3.05) is 10.2 Å². The molecule has 0 fully saturated rings. The van der Waals surface area contributed by atoms with Gasteiger partial charge in [-0.15, -0.1) is 11.3 Å². The summed E-state index contributed by atoms with van der Waals surface area (Å²) in [6, 6.07) is 8.93. The highest BCUT2D eigenvalue weighted by Gasteiger charge is 2.40. The number of aryl methyl sites for hydroxylation is 2. The van der Waals surface area contributed by atoms with E-state index in [1.165, 1.54) is 30.0 Å². The minimum absolute atomic E-state index is 0.367. The summed E-state index contributed by atoms with van der Waals surface area (Å²) in [5.74, 6) is -0.765. The Hall–Kier alpha value is -3.40. The number of alkyl halides is 3. The topological polar surface area (TPSA) is 71.5 Å². The van der Waals surface area contributed by atoms with Crippen LogP contribution in [0.15, 0.2) is 42.5 Å². The van der Waals surface area contributed by atoms with E-state index in [0.717, 1.165) is 27.2 Å². The van der Waals surface area contributed by atoms with Crippen molar-refractivity contribution < 1.29 is 27.5 Å². The lowest BCUT2D eigenvalue weighted by Gasteiger charge is -2.37. The standard InChI is InChI=1S/C25H24F3N3O3S/c1-5-20-24(33)31(13(2)23(32)30-18-9-7-6-8-17(18)25(26,27)28)19-12-16(10-11-21(19)34-20)22-14(3)35-15(4)29-22/h6-13,20H,5H2,1-4H3,(H,30,32). The van der Waals surface area contributed by atoms with Gasteiger partial charge in [-0.2, -0.15) is 13.2 Å². The van der Waals surface area contributed by atoms with Gasteiger partial charge in [0, 0.05) is 10.4 Å². The zero-order chi connectivity index (χ0) is 25.5. The molecule has 2 amide bonds. The second kappa shape index (κ2) is 9.33. The second-order valence-electron chi connectivity index (χ2n) is 8.25. The number of halogens is 3. The van der Waals surface area contributed by atoms with E-state index < -0.39 is 35.7 Å². The van der Waals surface area contributed by atoms with E-state index in [0.29, 0.717) is 17.9 Å². The Kier molecular flexibility index (Phi) is 6.59. The molecule has 0 saturated heterocycles. The fourth-order valence-corrected chi connectivity index (χ4v) is 4.92. The van der Waals surface area contributed by atoms with Gasteiger partial charge in [0.05, 0.1) is 27.6 Å². The molecular formula is C25H24F3N3O3S. The quantitative estimate of drug-likeness (QED) is 0.465. The van der Waals surface area contributed by atoms with E-state index in [1.54, 1.807) is 30.4 Å². The predicted molar refractivity (Wildman–Crippen MR) is 129 cm³/mol. The molecule has 0 radical (unpaired) electrons. The summed E-state index contributed by atoms with van der Waals surface area (Å²) in [5, 5.41) is 3.24. The number of para-hydroxylation sites is 1. The second-order valence-corrected chi connectivity index (χ2v) is 9.66. The van der Waals surface area contributed by atoms with Crippen molar-refractivity contribution in [1.82, 2.24) is 4.98 Å². The molecular weight excluding hydrogens is 479 g/mol. The van der Waals surface area contributed by atoms with Crippen LogP contribution < -0.4 is 15.0 Å². The van der Waals surface area contributed by atoms with Crippen molar-refractivity contribution in [3.63, 3.8) is 0 Å². The number of nitrogens with one attached hydrogen (secondary N) is 1. The summed E-state index contributed by atoms with van der Waals surface area (Å²) in [6.45, 7) is 7.11. The number of rotatable bonds is 5. The predicted octanol–water partition coefficient (Wildman–Crippen LogP) is 5.98. The first-order valence-electron chi connectivity index (χ1n) is 11.1. The first kappa shape index (κ1) is 24.7. The van der Waals surface area contributed by atoms with Crippen LogP contribution in [0.2, 0.25) is 0 Å². The van der Waals surface area contributed by atoms with E-state index in [4.69, 9.17) is 4.74 Å². The van der Waals surface area contributed by atoms with E-state index in [9.17, 15) is 22.8 Å². The minimum atomic E-state index is -4.64. The number of carbonyl (C=O) groups excluding carboxylic acids is 2. The summed E-state index contributed by atoms with van der Waals surface area (Å²) in [7, 11) is 0. The van der Waals surface area contributed by atoms with Gasteiger partial charge < -0.3 is 10.1 Å². The van der Waals surface area contributed by atoms with Gasteiger partial charge in [-0.25, -0.2) is 4.98 Å². The molecule has 0 aliphatic carbocycles. The molecule has 0 spiro atoms. The third-order valence-electron chi connectivity index (χ3n) is 5.81. The maximum atomic E-state index is 13.4. The van der Waals surface area contributed by atoms with E-state index in [-0.39, 0.29) is 5.69 Å². The lowest BCUT2D eigenvalue weighted by atomic mass is 10.0. The van der Waals surface area contributed by atoms with Gasteiger partial charge >= 0.3 is 6.18 Å². The molecule has 2 aromatic carbocycles. The van der Waals surface area contributed by atoms with Crippen LogP contribution in [0, 0.1) is 13.8 Å². The third kappa shape index (κ3) is 4.75. The van der Waals surface area contributed by atoms with Gasteiger partial charge in [0.15, 0.2) is 6.10 Å². The maximum absolute atomic E-state index is 13.4. The first-order chi connectivity index (χ1) is 16.5. The molecule has 1 aliphatic heterocycles. The Bertz CT molecular complexity index is 1290. The van der Waals surface area contributed by atoms with Crippen LogP contribution >= 0.6 is 11.3 Å². The number of carbonyl (C=O) groups is 2. The zero-order valence-electron chi connectivity index (χ0n) is 19.6. The van der Waals surface area contributed by atoms with Crippen LogP contribution in [0.3, 0.4) is 0 Å². The van der Waals surface area contributed by atoms with E-state index in [2.05, 4.69) is 10.3 Å². The number of amides is 2. The summed E-state index contributed by atoms with van der Waals surface area (Å²) >= 11 is 1.54. The maximum Gasteiger partial charge on any atom is 0.418 e. The molecule has 10 heteroatoms. The van der Waals surface area contributed by atoms with Crippen molar-refractivity contribution in [2.45, 2.75) is 52.4 Å². The Morgan fingerprint density at radius 2 is 1.94 bits per heavy atom. The van der Waals surface area contributed by atoms with E-state index in [1.807, 2.05) is 19.9 Å². The Morgan fingerprint density at radius 1 is 1.23 bits per heavy atom. The molecule has 1 aromatic heterocycles. The van der Waals surface area contributed by atoms with Crippen LogP contribution in [0.5, 0.6) is 5.75 Å². The Balaban J connectivity index is 1.72. The monoisotopic (exact) mass is 503 g/mol. The molecule has 1 N–H and O–H groups in total. The van der Waals surface area contributed by atoms with Gasteiger partial charge in [-0.3, -0.25) is 14.5 Å². The lowest BCUT2D eigenvalue weighted by molar-refractivity contribution is -0.137. The average molecular weight is 504 g/mol. The summed E-state index contributed by atoms with van der Waals surface area (Å²) in [6.07, 6.45) is -5.08. The molecule has 4 rings (SSSR count). The number of fused-ring (bicyclic) bond motifs is 1. The zero-order valence-corrected chi connectivity index (χ0v) is 20.4. The number of thiazole rings is 1. The SMILES string of the molecule is CCC1Oc2ccc(-c3nc(C)sc3C)cc2N(C(C)C(=O)Nc2ccccc2C(F)(F)F)C1=O. The van der Waals surface area contributed by atoms with Crippen LogP contribution in [0.1, 0.15) is 35.7 Å². The number of hydrogen-bond donors (Lipinski definition) is 1. The van der Waals surface area contributed by atoms with Crippen LogP contribution in [-0.2, 0) is 15.8 Å². The highest BCUT2D eigenvalue weighted by atomic mass is 32.1. The van der Waals surface area contributed by atoms with Gasteiger partial charge in [0.2, 0.25) is 5.91 Å². The van der Waals surface area contributed by atoms with Crippen molar-refractivity contribution in [1.29, 1.82) is 0 Å². The summed E-state index contributed by atoms with van der Waals surface area (Å²) < 4.78 is 46.1. The van der Waals surface area contributed by atoms with Crippen molar-refractivity contribution >= 4 is 34.5 Å². The molecule has 0 saturated carbocycles. The number of aromatic nitrogens is 1. The van der Waals surface area contributed by atoms with Crippen molar-refractivity contribution in [2.24, 2.45) is 0 Å². The fourth-order valence-electron chi connectivity index (χ4n) is 4.08. The van der Waals surface area contributed by atoms with Gasteiger partial charge in [-0.1, -0.05) is 19.1 Å². The van der Waals surface area contributed by atoms with Crippen LogP contribution in [0.4, 0.5) is 24.5 Å². The van der Waals surface area contributed by atoms with E-state index >= 15 is 0 Å². The number of nitrogens with zero attached hydrogens (tertiary/aromatic N) is 2. The highest BCUT2D eigenvalue weighted by molar-refractivity contribution is 7.11. The number of benzene rings is 2. The number of ether oxygens (including phenoxy) is 1. The summed E-state index contributed by atoms with van der Waals surface area (Å²) in [4.78, 5) is 33.3. The lowest BCUT2D eigenvalue weighted by Crippen LogP contribution is -2.53. The normalized spacial score (nSPS) is 16.5. The van der Waals surface area contributed by atoms with Gasteiger partial charge in [0.1, 0.15) is 11.8 Å². The molecule has 3 aromatic rings. The highest BCUT2D eigenvalue weighted by Crippen LogP contribution is 2.41. The molecule has 1 aliphatic rings. The molecule has 6 nitrogen and oxygen atoms in total. The summed E-state index contributed by atoms with van der Waals surface area (Å²) in [5.41, 5.74) is 0.548. The number of anilines is 2. The number of hydrogen-bond acceptors (Lipinski definition) is 5. The fraction of sp³-hybridized carbons (Fsp3) is 0.320. The molecule has 2 atom stereocenters. The van der Waals surface area contributed by atoms with Crippen LogP contribution in [0.25, 0.3) is 11.3 Å². The largest absolute Gasteiger partial charge is 0.478 e. The van der Waals surface area contributed by atoms with Gasteiger partial charge in [-0.05, 0) is 57.5 Å². The molecule has 184 valence electrons. The van der Waals surface area contributed by atoms with Crippen molar-refractivity contribution in [3.8, 4) is 17.0 Å². The Labute approximate surface area is 204 Å². The molecule has 35 heavy (non-hydrogen) atoms. The third-order valence-corrected chi connectivity index (χ3v) is 6.69.